The molecule has 1 aliphatic carbocycles. The van der Waals surface area contributed by atoms with E-state index in [-0.39, 0.29) is 43.0 Å². The average molecular weight is 787 g/mol. The molecule has 17 heteroatoms. The number of carbonyl (C=O) groups excluding carboxylic acids is 2. The molecule has 2 amide bonds. The van der Waals surface area contributed by atoms with Gasteiger partial charge in [-0.25, -0.2) is 4.79 Å². The Morgan fingerprint density at radius 1 is 0.964 bits per heavy atom. The summed E-state index contributed by atoms with van der Waals surface area (Å²) in [6.45, 7) is 9.87. The number of benzene rings is 2. The quantitative estimate of drug-likeness (QED) is 0.187. The molecule has 0 saturated heterocycles. The van der Waals surface area contributed by atoms with Crippen molar-refractivity contribution in [2.75, 3.05) is 76.3 Å². The van der Waals surface area contributed by atoms with E-state index < -0.39 is 24.9 Å². The topological polar surface area (TPSA) is 152 Å². The van der Waals surface area contributed by atoms with Crippen molar-refractivity contribution in [1.82, 2.24) is 30.1 Å². The van der Waals surface area contributed by atoms with Gasteiger partial charge in [-0.2, -0.15) is 28.1 Å². The lowest BCUT2D eigenvalue weighted by atomic mass is 10.1. The fraction of sp³-hybridized carbons (Fsp3) is 0.564. The number of nitrogens with zero attached hydrogens (tertiary/aromatic N) is 5. The van der Waals surface area contributed by atoms with E-state index in [9.17, 15) is 22.8 Å². The lowest BCUT2D eigenvalue weighted by molar-refractivity contribution is -0.154. The predicted molar refractivity (Wildman–Crippen MR) is 205 cm³/mol. The third-order valence-electron chi connectivity index (χ3n) is 9.41. The Labute approximate surface area is 325 Å². The number of hydrogen-bond acceptors (Lipinski definition) is 12. The minimum Gasteiger partial charge on any atom is -0.494 e. The number of halogens is 3. The first-order chi connectivity index (χ1) is 27.0. The number of nitrogens with one attached hydrogen (secondary N) is 3. The van der Waals surface area contributed by atoms with Gasteiger partial charge in [0, 0.05) is 49.9 Å². The van der Waals surface area contributed by atoms with E-state index in [1.807, 2.05) is 12.1 Å². The fourth-order valence-corrected chi connectivity index (χ4v) is 6.23. The molecule has 3 heterocycles. The zero-order valence-electron chi connectivity index (χ0n) is 32.4. The van der Waals surface area contributed by atoms with Gasteiger partial charge in [-0.15, -0.1) is 0 Å². The van der Waals surface area contributed by atoms with Gasteiger partial charge < -0.3 is 44.7 Å². The minimum atomic E-state index is -4.61. The average Bonchev–Trinajstić information content (AvgIpc) is 3.95. The van der Waals surface area contributed by atoms with Gasteiger partial charge in [-0.1, -0.05) is 26.0 Å². The minimum absolute atomic E-state index is 0.0217. The van der Waals surface area contributed by atoms with Crippen LogP contribution in [0.5, 0.6) is 17.5 Å². The molecule has 0 spiro atoms. The van der Waals surface area contributed by atoms with E-state index in [4.69, 9.17) is 18.9 Å². The number of anilines is 3. The summed E-state index contributed by atoms with van der Waals surface area (Å²) >= 11 is 0. The van der Waals surface area contributed by atoms with E-state index in [0.717, 1.165) is 44.5 Å². The van der Waals surface area contributed by atoms with Crippen LogP contribution >= 0.6 is 0 Å². The van der Waals surface area contributed by atoms with Crippen molar-refractivity contribution in [2.45, 2.75) is 72.0 Å². The highest BCUT2D eigenvalue weighted by Gasteiger charge is 2.43. The molecule has 0 unspecified atom stereocenters. The van der Waals surface area contributed by atoms with Crippen molar-refractivity contribution in [3.05, 3.63) is 53.6 Å². The van der Waals surface area contributed by atoms with E-state index in [1.54, 1.807) is 42.2 Å². The molecule has 2 aliphatic heterocycles. The van der Waals surface area contributed by atoms with Gasteiger partial charge in [0.15, 0.2) is 6.61 Å². The summed E-state index contributed by atoms with van der Waals surface area (Å²) < 4.78 is 61.5. The number of alkyl halides is 3. The maximum Gasteiger partial charge on any atom is 0.422 e. The molecule has 1 saturated carbocycles. The summed E-state index contributed by atoms with van der Waals surface area (Å²) in [5.41, 5.74) is 1.60. The van der Waals surface area contributed by atoms with Crippen LogP contribution in [0.15, 0.2) is 42.5 Å². The van der Waals surface area contributed by atoms with Crippen LogP contribution in [0.3, 0.4) is 0 Å². The van der Waals surface area contributed by atoms with Crippen molar-refractivity contribution in [3.8, 4) is 17.5 Å². The number of amides is 2. The van der Waals surface area contributed by atoms with Crippen LogP contribution in [0.2, 0.25) is 0 Å². The first kappa shape index (κ1) is 42.1. The van der Waals surface area contributed by atoms with Crippen LogP contribution in [0.25, 0.3) is 0 Å². The zero-order valence-corrected chi connectivity index (χ0v) is 32.4. The highest BCUT2D eigenvalue weighted by molar-refractivity contribution is 5.97. The Bertz CT molecular complexity index is 1730. The van der Waals surface area contributed by atoms with Crippen LogP contribution in [0, 0.1) is 5.41 Å². The number of hydrogen-bond donors (Lipinski definition) is 3. The second-order valence-electron chi connectivity index (χ2n) is 14.0. The summed E-state index contributed by atoms with van der Waals surface area (Å²) in [6, 6.07) is 11.6. The SMILES string of the molecule is CCCN(CC)CC1(CNC(=O)c2ccc3cc2OCCCCN(C(=O)OCC)CCCOc2ccc(cc2)CNc2nc(nc(OCC(F)(F)F)n2)N3)CC1. The fourth-order valence-electron chi connectivity index (χ4n) is 6.23. The monoisotopic (exact) mass is 786 g/mol. The smallest absolute Gasteiger partial charge is 0.422 e. The molecule has 3 aromatic rings. The predicted octanol–water partition coefficient (Wildman–Crippen LogP) is 6.81. The molecular weight excluding hydrogens is 733 g/mol. The molecule has 56 heavy (non-hydrogen) atoms. The van der Waals surface area contributed by atoms with Crippen molar-refractivity contribution >= 4 is 29.6 Å². The lowest BCUT2D eigenvalue weighted by Gasteiger charge is -2.26. The zero-order chi connectivity index (χ0) is 40.0. The first-order valence-corrected chi connectivity index (χ1v) is 19.4. The van der Waals surface area contributed by atoms with Gasteiger partial charge in [0.05, 0.1) is 25.4 Å². The lowest BCUT2D eigenvalue weighted by Crippen LogP contribution is -2.38. The van der Waals surface area contributed by atoms with Gasteiger partial charge in [0.1, 0.15) is 11.5 Å². The number of rotatable bonds is 11. The molecule has 6 rings (SSSR count). The summed E-state index contributed by atoms with van der Waals surface area (Å²) in [6.07, 6.45) is -0.117. The summed E-state index contributed by atoms with van der Waals surface area (Å²) in [5, 5.41) is 9.16. The molecular formula is C39H53F3N8O6. The first-order valence-electron chi connectivity index (χ1n) is 19.4. The summed E-state index contributed by atoms with van der Waals surface area (Å²) in [4.78, 5) is 43.0. The van der Waals surface area contributed by atoms with Crippen LogP contribution in [-0.4, -0.2) is 109 Å². The van der Waals surface area contributed by atoms with E-state index in [0.29, 0.717) is 68.3 Å². The van der Waals surface area contributed by atoms with Crippen LogP contribution in [0.1, 0.15) is 75.2 Å². The highest BCUT2D eigenvalue weighted by atomic mass is 19.4. The normalized spacial score (nSPS) is 16.1. The number of fused-ring (bicyclic) bond motifs is 12. The molecule has 0 radical (unpaired) electrons. The molecule has 0 atom stereocenters. The third kappa shape index (κ3) is 13.3. The highest BCUT2D eigenvalue weighted by Crippen LogP contribution is 2.45. The van der Waals surface area contributed by atoms with Crippen molar-refractivity contribution in [2.24, 2.45) is 5.41 Å². The van der Waals surface area contributed by atoms with Crippen LogP contribution in [0.4, 0.5) is 35.5 Å². The number of ether oxygens (including phenoxy) is 4. The molecule has 1 fully saturated rings. The maximum absolute atomic E-state index is 13.7. The maximum atomic E-state index is 13.7. The van der Waals surface area contributed by atoms with Gasteiger partial charge in [0.25, 0.3) is 5.91 Å². The van der Waals surface area contributed by atoms with Gasteiger partial charge in [-0.05, 0) is 88.4 Å². The van der Waals surface area contributed by atoms with Gasteiger partial charge in [-0.3, -0.25) is 4.79 Å². The Kier molecular flexibility index (Phi) is 15.2. The molecule has 1 aromatic heterocycles. The van der Waals surface area contributed by atoms with Gasteiger partial charge >= 0.3 is 18.3 Å². The Balaban J connectivity index is 1.39. The largest absolute Gasteiger partial charge is 0.494 e. The Morgan fingerprint density at radius 3 is 2.43 bits per heavy atom. The molecule has 3 N–H and O–H groups in total. The van der Waals surface area contributed by atoms with Crippen molar-refractivity contribution in [3.63, 3.8) is 0 Å². The Hall–Kier alpha value is -5.06. The standard InChI is InChI=1S/C39H53F3N8O6/c1-4-18-49(5-2)26-38(16-17-38)25-44-33(51)31-15-12-29-23-32(31)55-21-8-7-19-50(37(52)53-6-3)20-9-22-54-30-13-10-28(11-14-30)24-43-34-46-35(45-29)48-36(47-34)56-27-39(40,41)42/h10-15,23H,4-9,16-22,24-27H2,1-3H3,(H,44,51)(H2,43,45,46,47,48). The van der Waals surface area contributed by atoms with E-state index in [1.165, 1.54) is 0 Å². The summed E-state index contributed by atoms with van der Waals surface area (Å²) in [5.74, 6) is 0.532. The third-order valence-corrected chi connectivity index (χ3v) is 9.41. The van der Waals surface area contributed by atoms with E-state index in [2.05, 4.69) is 49.6 Å². The van der Waals surface area contributed by atoms with Crippen molar-refractivity contribution in [1.29, 1.82) is 0 Å². The van der Waals surface area contributed by atoms with Gasteiger partial charge in [0.2, 0.25) is 11.9 Å². The molecule has 14 nitrogen and oxygen atoms in total. The molecule has 6 bridgehead atoms. The molecule has 2 aromatic carbocycles. The number of aromatic nitrogens is 3. The number of carbonyl (C=O) groups is 2. The summed E-state index contributed by atoms with van der Waals surface area (Å²) in [7, 11) is 0. The molecule has 306 valence electrons. The second kappa shape index (κ2) is 20.2. The van der Waals surface area contributed by atoms with Crippen molar-refractivity contribution < 1.29 is 41.7 Å². The Morgan fingerprint density at radius 2 is 1.71 bits per heavy atom. The van der Waals surface area contributed by atoms with E-state index >= 15 is 0 Å². The molecule has 3 aliphatic rings. The second-order valence-corrected chi connectivity index (χ2v) is 14.0. The van der Waals surface area contributed by atoms with Crippen LogP contribution < -0.4 is 30.2 Å². The van der Waals surface area contributed by atoms with Crippen LogP contribution in [-0.2, 0) is 11.3 Å².